The molecular formula is C22H28F5N5O2S. The average molecular weight is 522 g/mol. The van der Waals surface area contributed by atoms with E-state index in [1.165, 1.54) is 12.4 Å². The first kappa shape index (κ1) is 26.0. The molecule has 0 saturated carbocycles. The second kappa shape index (κ2) is 10.5. The number of carbonyl (C=O) groups is 1. The lowest BCUT2D eigenvalue weighted by Crippen LogP contribution is -2.50. The van der Waals surface area contributed by atoms with Gasteiger partial charge < -0.3 is 15.3 Å². The summed E-state index contributed by atoms with van der Waals surface area (Å²) in [5, 5.41) is 14.4. The number of aromatic nitrogens is 1. The van der Waals surface area contributed by atoms with Gasteiger partial charge in [0.25, 0.3) is 12.3 Å². The van der Waals surface area contributed by atoms with Crippen LogP contribution >= 0.6 is 11.3 Å². The van der Waals surface area contributed by atoms with Crippen LogP contribution < -0.4 is 10.2 Å². The summed E-state index contributed by atoms with van der Waals surface area (Å²) in [6.45, 7) is 2.90. The van der Waals surface area contributed by atoms with Crippen LogP contribution in [0.25, 0.3) is 10.2 Å². The van der Waals surface area contributed by atoms with Gasteiger partial charge in [0.05, 0.1) is 34.0 Å². The molecule has 13 heteroatoms. The van der Waals surface area contributed by atoms with Crippen LogP contribution in [0, 0.1) is 5.92 Å². The summed E-state index contributed by atoms with van der Waals surface area (Å²) in [5.74, 6) is -0.411. The Hall–Kier alpha value is -2.09. The van der Waals surface area contributed by atoms with E-state index in [1.54, 1.807) is 9.80 Å². The molecule has 194 valence electrons. The number of hydrogen-bond donors (Lipinski definition) is 2. The van der Waals surface area contributed by atoms with Gasteiger partial charge in [0.2, 0.25) is 0 Å². The fraction of sp³-hybridized carbons (Fsp3) is 0.636. The molecule has 4 heterocycles. The molecule has 2 aliphatic heterocycles. The van der Waals surface area contributed by atoms with Crippen LogP contribution in [0.15, 0.2) is 11.4 Å². The number of amides is 1. The third-order valence-corrected chi connectivity index (χ3v) is 7.68. The summed E-state index contributed by atoms with van der Waals surface area (Å²) in [6.07, 6.45) is -6.99. The van der Waals surface area contributed by atoms with Crippen molar-refractivity contribution in [1.82, 2.24) is 20.1 Å². The van der Waals surface area contributed by atoms with Gasteiger partial charge in [0, 0.05) is 57.6 Å². The Morgan fingerprint density at radius 1 is 1.20 bits per heavy atom. The number of nitrogens with zero attached hydrogens (tertiary/aromatic N) is 4. The molecule has 0 spiro atoms. The highest BCUT2D eigenvalue weighted by atomic mass is 32.1. The van der Waals surface area contributed by atoms with Crippen molar-refractivity contribution in [2.24, 2.45) is 5.92 Å². The van der Waals surface area contributed by atoms with Gasteiger partial charge in [-0.3, -0.25) is 14.6 Å². The maximum absolute atomic E-state index is 13.8. The molecule has 2 saturated heterocycles. The van der Waals surface area contributed by atoms with Gasteiger partial charge in [0.15, 0.2) is 0 Å². The van der Waals surface area contributed by atoms with E-state index in [9.17, 15) is 31.9 Å². The third kappa shape index (κ3) is 5.84. The van der Waals surface area contributed by atoms with Crippen LogP contribution in [0.2, 0.25) is 0 Å². The first-order valence-corrected chi connectivity index (χ1v) is 12.3. The number of anilines is 1. The fourth-order valence-electron chi connectivity index (χ4n) is 4.77. The molecule has 0 radical (unpaired) electrons. The topological polar surface area (TPSA) is 71.9 Å². The van der Waals surface area contributed by atoms with Crippen molar-refractivity contribution in [3.8, 4) is 0 Å². The summed E-state index contributed by atoms with van der Waals surface area (Å²) in [4.78, 5) is 22.0. The highest BCUT2D eigenvalue weighted by molar-refractivity contribution is 7.17. The lowest BCUT2D eigenvalue weighted by Gasteiger charge is -2.37. The van der Waals surface area contributed by atoms with Crippen LogP contribution in [-0.4, -0.2) is 97.7 Å². The number of thiophene rings is 1. The Bertz CT molecular complexity index is 1040. The number of carbonyl (C=O) groups excluding carboxylic acids is 1. The number of aliphatic hydroxyl groups excluding tert-OH is 1. The van der Waals surface area contributed by atoms with Crippen LogP contribution in [0.4, 0.5) is 27.8 Å². The normalized spacial score (nSPS) is 21.3. The van der Waals surface area contributed by atoms with Crippen LogP contribution in [0.3, 0.4) is 0 Å². The zero-order chi connectivity index (χ0) is 25.3. The lowest BCUT2D eigenvalue weighted by molar-refractivity contribution is -0.136. The van der Waals surface area contributed by atoms with E-state index >= 15 is 0 Å². The predicted octanol–water partition coefficient (Wildman–Crippen LogP) is 2.74. The molecule has 2 aromatic heterocycles. The van der Waals surface area contributed by atoms with Crippen molar-refractivity contribution in [2.75, 3.05) is 64.3 Å². The van der Waals surface area contributed by atoms with Crippen LogP contribution in [0.1, 0.15) is 22.3 Å². The Morgan fingerprint density at radius 2 is 1.91 bits per heavy atom. The Balaban J connectivity index is 1.43. The van der Waals surface area contributed by atoms with Crippen molar-refractivity contribution >= 4 is 33.3 Å². The number of pyridine rings is 1. The third-order valence-electron chi connectivity index (χ3n) is 6.68. The lowest BCUT2D eigenvalue weighted by atomic mass is 10.0. The van der Waals surface area contributed by atoms with E-state index in [2.05, 4.69) is 10.3 Å². The number of halogens is 5. The van der Waals surface area contributed by atoms with Crippen LogP contribution in [-0.2, 0) is 6.18 Å². The van der Waals surface area contributed by atoms with Gasteiger partial charge in [-0.25, -0.2) is 13.8 Å². The van der Waals surface area contributed by atoms with Gasteiger partial charge in [-0.2, -0.15) is 13.2 Å². The zero-order valence-electron chi connectivity index (χ0n) is 19.2. The number of nitrogens with one attached hydrogen (secondary N) is 1. The zero-order valence-corrected chi connectivity index (χ0v) is 20.0. The van der Waals surface area contributed by atoms with Gasteiger partial charge in [-0.1, -0.05) is 0 Å². The number of β-amino-alcohol motifs (C(OH)–C–C–N with tert-alkyl or cyclic N) is 1. The second-order valence-corrected chi connectivity index (χ2v) is 9.87. The SMILES string of the molecule is CNC(=O)c1csc2c(C(F)(F)F)cc(N3CCN(CC(O)C4CCN(CC(F)F)C4)CC3)nc12. The molecule has 2 fully saturated rings. The minimum Gasteiger partial charge on any atom is -0.391 e. The molecule has 4 rings (SSSR count). The van der Waals surface area contributed by atoms with Crippen molar-refractivity contribution < 1.29 is 31.9 Å². The summed E-state index contributed by atoms with van der Waals surface area (Å²) < 4.78 is 66.5. The highest BCUT2D eigenvalue weighted by Crippen LogP contribution is 2.40. The average Bonchev–Trinajstić information content (AvgIpc) is 3.44. The highest BCUT2D eigenvalue weighted by Gasteiger charge is 2.36. The second-order valence-electron chi connectivity index (χ2n) is 8.99. The van der Waals surface area contributed by atoms with Crippen molar-refractivity contribution in [3.05, 3.63) is 22.6 Å². The van der Waals surface area contributed by atoms with Crippen molar-refractivity contribution in [2.45, 2.75) is 25.1 Å². The molecular weight excluding hydrogens is 493 g/mol. The predicted molar refractivity (Wildman–Crippen MR) is 123 cm³/mol. The largest absolute Gasteiger partial charge is 0.417 e. The number of hydrogen-bond acceptors (Lipinski definition) is 7. The smallest absolute Gasteiger partial charge is 0.391 e. The number of likely N-dealkylation sites (tertiary alicyclic amines) is 1. The molecule has 2 unspecified atom stereocenters. The fourth-order valence-corrected chi connectivity index (χ4v) is 5.80. The summed E-state index contributed by atoms with van der Waals surface area (Å²) in [6, 6.07) is 1.03. The van der Waals surface area contributed by atoms with E-state index in [-0.39, 0.29) is 34.1 Å². The molecule has 0 bridgehead atoms. The minimum atomic E-state index is -4.59. The van der Waals surface area contributed by atoms with Gasteiger partial charge >= 0.3 is 6.18 Å². The van der Waals surface area contributed by atoms with Gasteiger partial charge in [-0.15, -0.1) is 11.3 Å². The summed E-state index contributed by atoms with van der Waals surface area (Å²) in [7, 11) is 1.41. The number of rotatable bonds is 7. The van der Waals surface area contributed by atoms with E-state index in [0.717, 1.165) is 17.4 Å². The summed E-state index contributed by atoms with van der Waals surface area (Å²) >= 11 is 0.846. The molecule has 7 nitrogen and oxygen atoms in total. The molecule has 2 aliphatic rings. The maximum Gasteiger partial charge on any atom is 0.417 e. The maximum atomic E-state index is 13.8. The van der Waals surface area contributed by atoms with E-state index in [0.29, 0.717) is 52.2 Å². The number of piperazine rings is 1. The first-order valence-electron chi connectivity index (χ1n) is 11.4. The van der Waals surface area contributed by atoms with Crippen molar-refractivity contribution in [3.63, 3.8) is 0 Å². The van der Waals surface area contributed by atoms with Gasteiger partial charge in [-0.05, 0) is 19.0 Å². The van der Waals surface area contributed by atoms with E-state index in [1.807, 2.05) is 4.90 Å². The molecule has 2 N–H and O–H groups in total. The molecule has 35 heavy (non-hydrogen) atoms. The number of alkyl halides is 5. The first-order chi connectivity index (χ1) is 16.6. The Kier molecular flexibility index (Phi) is 7.79. The quantitative estimate of drug-likeness (QED) is 0.547. The molecule has 2 aromatic rings. The van der Waals surface area contributed by atoms with Gasteiger partial charge in [0.1, 0.15) is 5.82 Å². The molecule has 0 aromatic carbocycles. The monoisotopic (exact) mass is 521 g/mol. The van der Waals surface area contributed by atoms with Crippen LogP contribution in [0.5, 0.6) is 0 Å². The Morgan fingerprint density at radius 3 is 2.54 bits per heavy atom. The molecule has 2 atom stereocenters. The number of aliphatic hydroxyl groups is 1. The summed E-state index contributed by atoms with van der Waals surface area (Å²) in [5.41, 5.74) is -0.671. The van der Waals surface area contributed by atoms with Crippen molar-refractivity contribution in [1.29, 1.82) is 0 Å². The molecule has 1 amide bonds. The standard InChI is InChI=1S/C22H28F5N5O2S/c1-28-21(34)14-12-35-20-15(22(25,26)27)8-18(29-19(14)20)32-6-4-30(5-7-32)10-16(33)13-2-3-31(9-13)11-17(23)24/h8,12-13,16-17,33H,2-7,9-11H2,1H3,(H,28,34). The van der Waals surface area contributed by atoms with E-state index < -0.39 is 30.2 Å². The van der Waals surface area contributed by atoms with E-state index in [4.69, 9.17) is 0 Å². The molecule has 0 aliphatic carbocycles. The minimum absolute atomic E-state index is 0.0339. The number of fused-ring (bicyclic) bond motifs is 1. The Labute approximate surface area is 203 Å².